The summed E-state index contributed by atoms with van der Waals surface area (Å²) in [7, 11) is 0. The Morgan fingerprint density at radius 3 is 1.65 bits per heavy atom. The predicted molar refractivity (Wildman–Crippen MR) is 136 cm³/mol. The van der Waals surface area contributed by atoms with E-state index in [9.17, 15) is 0 Å². The summed E-state index contributed by atoms with van der Waals surface area (Å²) in [6.07, 6.45) is 16.8. The van der Waals surface area contributed by atoms with Crippen LogP contribution in [0.15, 0.2) is 42.5 Å². The Labute approximate surface area is 191 Å². The van der Waals surface area contributed by atoms with E-state index in [0.29, 0.717) is 0 Å². The minimum atomic E-state index is 0.785. The first-order valence-corrected chi connectivity index (χ1v) is 13.4. The molecule has 0 heteroatoms. The van der Waals surface area contributed by atoms with E-state index in [1.54, 1.807) is 11.1 Å². The molecule has 168 valence electrons. The topological polar surface area (TPSA) is 0 Å². The fourth-order valence-corrected chi connectivity index (χ4v) is 6.62. The van der Waals surface area contributed by atoms with E-state index >= 15 is 0 Å². The molecule has 0 atom stereocenters. The first-order chi connectivity index (χ1) is 15.2. The summed E-state index contributed by atoms with van der Waals surface area (Å²) in [6, 6.07) is 16.8. The van der Waals surface area contributed by atoms with Crippen molar-refractivity contribution >= 4 is 0 Å². The van der Waals surface area contributed by atoms with Crippen LogP contribution in [-0.2, 0) is 0 Å². The molecule has 0 spiro atoms. The molecule has 2 aromatic carbocycles. The number of rotatable bonds is 7. The molecule has 2 saturated carbocycles. The van der Waals surface area contributed by atoms with Gasteiger partial charge in [0, 0.05) is 0 Å². The maximum atomic E-state index is 2.44. The Hall–Kier alpha value is -1.56. The van der Waals surface area contributed by atoms with Crippen molar-refractivity contribution < 1.29 is 0 Å². The molecule has 0 nitrogen and oxygen atoms in total. The zero-order valence-electron chi connectivity index (χ0n) is 20.3. The smallest absolute Gasteiger partial charge is 0.0159 e. The maximum Gasteiger partial charge on any atom is -0.0159 e. The highest BCUT2D eigenvalue weighted by Gasteiger charge is 2.24. The van der Waals surface area contributed by atoms with Crippen LogP contribution < -0.4 is 0 Å². The Kier molecular flexibility index (Phi) is 7.91. The van der Waals surface area contributed by atoms with Crippen molar-refractivity contribution in [3.63, 3.8) is 0 Å². The van der Waals surface area contributed by atoms with Gasteiger partial charge in [-0.2, -0.15) is 0 Å². The molecule has 0 heterocycles. The van der Waals surface area contributed by atoms with E-state index < -0.39 is 0 Å². The van der Waals surface area contributed by atoms with Crippen molar-refractivity contribution in [3.05, 3.63) is 59.2 Å². The minimum absolute atomic E-state index is 0.785. The molecular weight excluding hydrogens is 372 g/mol. The SMILES string of the molecule is CCC[C@H]1CC[C@H](c2ccc(-c3ccc([C@H]4CC[C@H](CCC)CC4)c(C)c3)cc2)CC1. The van der Waals surface area contributed by atoms with Gasteiger partial charge in [0.15, 0.2) is 0 Å². The molecule has 31 heavy (non-hydrogen) atoms. The molecule has 2 aliphatic rings. The number of hydrogen-bond donors (Lipinski definition) is 0. The lowest BCUT2D eigenvalue weighted by atomic mass is 9.76. The van der Waals surface area contributed by atoms with Crippen LogP contribution in [0.5, 0.6) is 0 Å². The average molecular weight is 417 g/mol. The van der Waals surface area contributed by atoms with Crippen LogP contribution in [0.4, 0.5) is 0 Å². The third-order valence-electron chi connectivity index (χ3n) is 8.51. The van der Waals surface area contributed by atoms with Crippen molar-refractivity contribution in [1.82, 2.24) is 0 Å². The quantitative estimate of drug-likeness (QED) is 0.421. The second-order valence-electron chi connectivity index (χ2n) is 10.7. The van der Waals surface area contributed by atoms with Gasteiger partial charge >= 0.3 is 0 Å². The Morgan fingerprint density at radius 2 is 1.13 bits per heavy atom. The number of benzene rings is 2. The van der Waals surface area contributed by atoms with Crippen LogP contribution >= 0.6 is 0 Å². The molecule has 0 aliphatic heterocycles. The third kappa shape index (κ3) is 5.63. The van der Waals surface area contributed by atoms with Gasteiger partial charge in [0.05, 0.1) is 0 Å². The fourth-order valence-electron chi connectivity index (χ4n) is 6.62. The highest BCUT2D eigenvalue weighted by molar-refractivity contribution is 5.65. The van der Waals surface area contributed by atoms with Crippen LogP contribution in [0.25, 0.3) is 11.1 Å². The molecule has 0 N–H and O–H groups in total. The highest BCUT2D eigenvalue weighted by atomic mass is 14.3. The average Bonchev–Trinajstić information content (AvgIpc) is 2.81. The number of hydrogen-bond acceptors (Lipinski definition) is 0. The van der Waals surface area contributed by atoms with Gasteiger partial charge < -0.3 is 0 Å². The predicted octanol–water partition coefficient (Wildman–Crippen LogP) is 9.81. The van der Waals surface area contributed by atoms with E-state index in [4.69, 9.17) is 0 Å². The van der Waals surface area contributed by atoms with Crippen LogP contribution in [0, 0.1) is 18.8 Å². The van der Waals surface area contributed by atoms with Crippen LogP contribution in [0.1, 0.15) is 119 Å². The molecule has 2 aromatic rings. The van der Waals surface area contributed by atoms with Gasteiger partial charge in [-0.1, -0.05) is 82.0 Å². The molecule has 4 rings (SSSR count). The van der Waals surface area contributed by atoms with E-state index in [-0.39, 0.29) is 0 Å². The van der Waals surface area contributed by atoms with Crippen molar-refractivity contribution in [1.29, 1.82) is 0 Å². The first kappa shape index (κ1) is 22.6. The molecular formula is C31H44. The standard InChI is InChI=1S/C31H44/c1-4-6-24-8-12-26(13-9-24)27-16-18-28(19-17-27)30-20-21-31(23(3)22-30)29-14-10-25(7-5-2)11-15-29/h16-22,24-26,29H,4-15H2,1-3H3/t24-,25-,26-,29-. The summed E-state index contributed by atoms with van der Waals surface area (Å²) >= 11 is 0. The van der Waals surface area contributed by atoms with Gasteiger partial charge in [-0.15, -0.1) is 0 Å². The van der Waals surface area contributed by atoms with Gasteiger partial charge in [0.1, 0.15) is 0 Å². The maximum absolute atomic E-state index is 2.44. The molecule has 0 amide bonds. The fraction of sp³-hybridized carbons (Fsp3) is 0.613. The van der Waals surface area contributed by atoms with Crippen LogP contribution in [-0.4, -0.2) is 0 Å². The van der Waals surface area contributed by atoms with Crippen molar-refractivity contribution in [2.45, 2.75) is 110 Å². The molecule has 2 fully saturated rings. The molecule has 2 aliphatic carbocycles. The Morgan fingerprint density at radius 1 is 0.613 bits per heavy atom. The number of aryl methyl sites for hydroxylation is 1. The normalized spacial score (nSPS) is 26.7. The molecule has 0 saturated heterocycles. The zero-order chi connectivity index (χ0) is 21.6. The molecule has 0 bridgehead atoms. The van der Waals surface area contributed by atoms with Gasteiger partial charge in [-0.25, -0.2) is 0 Å². The highest BCUT2D eigenvalue weighted by Crippen LogP contribution is 2.40. The summed E-state index contributed by atoms with van der Waals surface area (Å²) in [5.41, 5.74) is 7.44. The van der Waals surface area contributed by atoms with Crippen LogP contribution in [0.2, 0.25) is 0 Å². The first-order valence-electron chi connectivity index (χ1n) is 13.4. The summed E-state index contributed by atoms with van der Waals surface area (Å²) in [4.78, 5) is 0. The lowest BCUT2D eigenvalue weighted by Gasteiger charge is -2.29. The van der Waals surface area contributed by atoms with Crippen molar-refractivity contribution in [2.75, 3.05) is 0 Å². The Balaban J connectivity index is 1.38. The van der Waals surface area contributed by atoms with E-state index in [1.165, 1.54) is 93.7 Å². The van der Waals surface area contributed by atoms with E-state index in [2.05, 4.69) is 63.2 Å². The lowest BCUT2D eigenvalue weighted by Crippen LogP contribution is -2.14. The lowest BCUT2D eigenvalue weighted by molar-refractivity contribution is 0.308. The molecule has 0 radical (unpaired) electrons. The monoisotopic (exact) mass is 416 g/mol. The third-order valence-corrected chi connectivity index (χ3v) is 8.51. The Bertz CT molecular complexity index is 798. The largest absolute Gasteiger partial charge is 0.0654 e. The summed E-state index contributed by atoms with van der Waals surface area (Å²) in [5.74, 6) is 3.55. The van der Waals surface area contributed by atoms with Gasteiger partial charge in [-0.05, 0) is 110 Å². The van der Waals surface area contributed by atoms with Crippen molar-refractivity contribution in [2.24, 2.45) is 11.8 Å². The second-order valence-corrected chi connectivity index (χ2v) is 10.7. The zero-order valence-corrected chi connectivity index (χ0v) is 20.3. The van der Waals surface area contributed by atoms with Crippen molar-refractivity contribution in [3.8, 4) is 11.1 Å². The van der Waals surface area contributed by atoms with E-state index in [0.717, 1.165) is 23.7 Å². The summed E-state index contributed by atoms with van der Waals surface area (Å²) < 4.78 is 0. The summed E-state index contributed by atoms with van der Waals surface area (Å²) in [6.45, 7) is 7.00. The second kappa shape index (κ2) is 10.8. The van der Waals surface area contributed by atoms with E-state index in [1.807, 2.05) is 0 Å². The van der Waals surface area contributed by atoms with Gasteiger partial charge in [0.2, 0.25) is 0 Å². The van der Waals surface area contributed by atoms with Gasteiger partial charge in [-0.3, -0.25) is 0 Å². The van der Waals surface area contributed by atoms with Crippen LogP contribution in [0.3, 0.4) is 0 Å². The molecule has 0 aromatic heterocycles. The summed E-state index contributed by atoms with van der Waals surface area (Å²) in [5, 5.41) is 0. The van der Waals surface area contributed by atoms with Gasteiger partial charge in [0.25, 0.3) is 0 Å². The minimum Gasteiger partial charge on any atom is -0.0654 e. The molecule has 0 unspecified atom stereocenters.